The molecular formula is C12H18NNaO4S. The first-order valence-corrected chi connectivity index (χ1v) is 7.33. The summed E-state index contributed by atoms with van der Waals surface area (Å²) in [4.78, 5) is 1.85. The maximum Gasteiger partial charge on any atom is 1.00 e. The van der Waals surface area contributed by atoms with Crippen molar-refractivity contribution in [3.8, 4) is 0 Å². The van der Waals surface area contributed by atoms with Crippen LogP contribution in [0.3, 0.4) is 0 Å². The minimum atomic E-state index is -4.40. The third-order valence-corrected chi connectivity index (χ3v) is 3.46. The van der Waals surface area contributed by atoms with Gasteiger partial charge < -0.3 is 14.6 Å². The summed E-state index contributed by atoms with van der Waals surface area (Å²) in [6, 6.07) is 7.62. The number of para-hydroxylation sites is 1. The number of rotatable bonds is 6. The standard InChI is InChI=1S/C12H19NO4S.Na/c1-3-13(8-11(14)9-18(15,16)17)12-7-5-4-6-10(12)2;/h4-7,11,14H,3,8-9H2,1-2H3,(H,15,16,17);/q;+1/p-1. The van der Waals surface area contributed by atoms with Gasteiger partial charge in [0.15, 0.2) is 0 Å². The van der Waals surface area contributed by atoms with Crippen LogP contribution < -0.4 is 34.5 Å². The van der Waals surface area contributed by atoms with E-state index in [0.29, 0.717) is 6.54 Å². The van der Waals surface area contributed by atoms with Crippen LogP contribution >= 0.6 is 0 Å². The van der Waals surface area contributed by atoms with E-state index in [2.05, 4.69) is 0 Å². The Hall–Kier alpha value is -0.110. The van der Waals surface area contributed by atoms with Crippen molar-refractivity contribution in [3.05, 3.63) is 29.8 Å². The Morgan fingerprint density at radius 3 is 2.42 bits per heavy atom. The van der Waals surface area contributed by atoms with E-state index in [9.17, 15) is 18.1 Å². The molecule has 7 heteroatoms. The summed E-state index contributed by atoms with van der Waals surface area (Å²) in [5.41, 5.74) is 1.97. The van der Waals surface area contributed by atoms with Crippen molar-refractivity contribution >= 4 is 15.8 Å². The normalized spacial score (nSPS) is 12.6. The molecule has 5 nitrogen and oxygen atoms in total. The monoisotopic (exact) mass is 295 g/mol. The SMILES string of the molecule is CCN(CC(O)CS(=O)(=O)[O-])c1ccccc1C.[Na+]. The fourth-order valence-electron chi connectivity index (χ4n) is 1.86. The number of hydrogen-bond acceptors (Lipinski definition) is 5. The van der Waals surface area contributed by atoms with E-state index < -0.39 is 22.0 Å². The van der Waals surface area contributed by atoms with E-state index in [-0.39, 0.29) is 36.1 Å². The minimum Gasteiger partial charge on any atom is -0.748 e. The Morgan fingerprint density at radius 2 is 1.95 bits per heavy atom. The van der Waals surface area contributed by atoms with Crippen molar-refractivity contribution < 1.29 is 47.6 Å². The first-order chi connectivity index (χ1) is 8.33. The zero-order valence-corrected chi connectivity index (χ0v) is 14.4. The van der Waals surface area contributed by atoms with Gasteiger partial charge >= 0.3 is 29.6 Å². The van der Waals surface area contributed by atoms with Crippen molar-refractivity contribution in [1.29, 1.82) is 0 Å². The van der Waals surface area contributed by atoms with E-state index in [1.54, 1.807) is 0 Å². The molecule has 0 heterocycles. The average Bonchev–Trinajstić information content (AvgIpc) is 2.24. The molecule has 0 spiro atoms. The first-order valence-electron chi connectivity index (χ1n) is 5.75. The van der Waals surface area contributed by atoms with Crippen LogP contribution in [0.1, 0.15) is 12.5 Å². The molecule has 0 aromatic heterocycles. The van der Waals surface area contributed by atoms with Crippen molar-refractivity contribution in [2.75, 3.05) is 23.7 Å². The molecule has 1 rings (SSSR count). The summed E-state index contributed by atoms with van der Waals surface area (Å²) in [7, 11) is -4.40. The molecule has 0 aliphatic heterocycles. The van der Waals surface area contributed by atoms with Crippen LogP contribution in [0.5, 0.6) is 0 Å². The molecule has 0 aliphatic rings. The van der Waals surface area contributed by atoms with Crippen LogP contribution in [0.4, 0.5) is 5.69 Å². The molecule has 1 unspecified atom stereocenters. The fraction of sp³-hybridized carbons (Fsp3) is 0.500. The van der Waals surface area contributed by atoms with E-state index in [0.717, 1.165) is 11.3 Å². The fourth-order valence-corrected chi connectivity index (χ4v) is 2.44. The smallest absolute Gasteiger partial charge is 0.748 e. The van der Waals surface area contributed by atoms with Gasteiger partial charge in [-0.3, -0.25) is 0 Å². The zero-order valence-electron chi connectivity index (χ0n) is 11.5. The number of hydrogen-bond donors (Lipinski definition) is 1. The summed E-state index contributed by atoms with van der Waals surface area (Å²) in [5.74, 6) is -0.755. The summed E-state index contributed by atoms with van der Waals surface area (Å²) < 4.78 is 31.7. The van der Waals surface area contributed by atoms with E-state index in [1.165, 1.54) is 0 Å². The van der Waals surface area contributed by atoms with Crippen LogP contribution in [0.25, 0.3) is 0 Å². The molecule has 0 saturated heterocycles. The molecule has 1 aromatic carbocycles. The largest absolute Gasteiger partial charge is 1.00 e. The molecule has 0 saturated carbocycles. The van der Waals surface area contributed by atoms with Gasteiger partial charge in [0.1, 0.15) is 0 Å². The number of aliphatic hydroxyl groups excluding tert-OH is 1. The third kappa shape index (κ3) is 6.74. The van der Waals surface area contributed by atoms with Crippen LogP contribution in [0, 0.1) is 6.92 Å². The van der Waals surface area contributed by atoms with Crippen molar-refractivity contribution in [3.63, 3.8) is 0 Å². The van der Waals surface area contributed by atoms with Crippen LogP contribution in [0.15, 0.2) is 24.3 Å². The number of benzene rings is 1. The van der Waals surface area contributed by atoms with Gasteiger partial charge in [-0.05, 0) is 25.5 Å². The Labute approximate surface area is 136 Å². The van der Waals surface area contributed by atoms with Gasteiger partial charge in [0.05, 0.1) is 22.0 Å². The van der Waals surface area contributed by atoms with Gasteiger partial charge in [-0.1, -0.05) is 18.2 Å². The summed E-state index contributed by atoms with van der Waals surface area (Å²) >= 11 is 0. The molecule has 102 valence electrons. The topological polar surface area (TPSA) is 80.7 Å². The second-order valence-electron chi connectivity index (χ2n) is 4.20. The maximum absolute atomic E-state index is 10.6. The Morgan fingerprint density at radius 1 is 1.37 bits per heavy atom. The number of nitrogens with zero attached hydrogens (tertiary/aromatic N) is 1. The summed E-state index contributed by atoms with van der Waals surface area (Å²) in [6.45, 7) is 4.60. The predicted octanol–water partition coefficient (Wildman–Crippen LogP) is -2.27. The van der Waals surface area contributed by atoms with Crippen molar-refractivity contribution in [2.45, 2.75) is 20.0 Å². The number of likely N-dealkylation sites (N-methyl/N-ethyl adjacent to an activating group) is 1. The Balaban J connectivity index is 0.00000324. The molecule has 19 heavy (non-hydrogen) atoms. The van der Waals surface area contributed by atoms with Crippen molar-refractivity contribution in [1.82, 2.24) is 0 Å². The molecule has 0 bridgehead atoms. The molecule has 1 N–H and O–H groups in total. The van der Waals surface area contributed by atoms with E-state index in [1.807, 2.05) is 43.0 Å². The molecule has 1 atom stereocenters. The maximum atomic E-state index is 10.6. The van der Waals surface area contributed by atoms with E-state index >= 15 is 0 Å². The van der Waals surface area contributed by atoms with Crippen LogP contribution in [-0.2, 0) is 10.1 Å². The number of anilines is 1. The van der Waals surface area contributed by atoms with Crippen LogP contribution in [0.2, 0.25) is 0 Å². The molecule has 0 radical (unpaired) electrons. The van der Waals surface area contributed by atoms with Gasteiger partial charge in [-0.15, -0.1) is 0 Å². The number of aryl methyl sites for hydroxylation is 1. The second kappa shape index (κ2) is 8.24. The first kappa shape index (κ1) is 18.9. The third-order valence-electron chi connectivity index (χ3n) is 2.67. The minimum absolute atomic E-state index is 0. The zero-order chi connectivity index (χ0) is 13.8. The molecule has 0 amide bonds. The van der Waals surface area contributed by atoms with Crippen LogP contribution in [-0.4, -0.2) is 43.0 Å². The molecular weight excluding hydrogens is 277 g/mol. The molecule has 0 aliphatic carbocycles. The van der Waals surface area contributed by atoms with Gasteiger partial charge in [-0.25, -0.2) is 8.42 Å². The molecule has 1 aromatic rings. The summed E-state index contributed by atoms with van der Waals surface area (Å²) in [6.07, 6.45) is -1.17. The van der Waals surface area contributed by atoms with Crippen molar-refractivity contribution in [2.24, 2.45) is 0 Å². The predicted molar refractivity (Wildman–Crippen MR) is 69.6 cm³/mol. The Kier molecular flexibility index (Phi) is 8.19. The van der Waals surface area contributed by atoms with Gasteiger partial charge in [0.25, 0.3) is 0 Å². The van der Waals surface area contributed by atoms with E-state index in [4.69, 9.17) is 0 Å². The average molecular weight is 295 g/mol. The molecule has 0 fully saturated rings. The second-order valence-corrected chi connectivity index (χ2v) is 5.65. The Bertz CT molecular complexity index is 492. The van der Waals surface area contributed by atoms with Gasteiger partial charge in [0, 0.05) is 18.8 Å². The number of aliphatic hydroxyl groups is 1. The van der Waals surface area contributed by atoms with Gasteiger partial charge in [-0.2, -0.15) is 0 Å². The quantitative estimate of drug-likeness (QED) is 0.473. The summed E-state index contributed by atoms with van der Waals surface area (Å²) in [5, 5.41) is 9.62. The van der Waals surface area contributed by atoms with Gasteiger partial charge in [0.2, 0.25) is 0 Å².